The Bertz CT molecular complexity index is 718. The maximum atomic E-state index is 11.1. The molecule has 4 nitrogen and oxygen atoms in total. The van der Waals surface area contributed by atoms with Crippen molar-refractivity contribution >= 4 is 16.9 Å². The molecule has 0 bridgehead atoms. The van der Waals surface area contributed by atoms with E-state index < -0.39 is 5.97 Å². The van der Waals surface area contributed by atoms with Crippen LogP contribution in [0.5, 0.6) is 5.75 Å². The van der Waals surface area contributed by atoms with Crippen molar-refractivity contribution in [3.63, 3.8) is 0 Å². The summed E-state index contributed by atoms with van der Waals surface area (Å²) in [6, 6.07) is 7.16. The predicted octanol–water partition coefficient (Wildman–Crippen LogP) is 7.46. The third kappa shape index (κ3) is 7.21. The van der Waals surface area contributed by atoms with Crippen molar-refractivity contribution in [3.05, 3.63) is 30.0 Å². The predicted molar refractivity (Wildman–Crippen MR) is 114 cm³/mol. The normalized spacial score (nSPS) is 13.5. The molecule has 1 heterocycles. The second-order valence-electron chi connectivity index (χ2n) is 8.00. The maximum absolute atomic E-state index is 11.1. The molecule has 0 amide bonds. The smallest absolute Gasteiger partial charge is 0.371 e. The van der Waals surface area contributed by atoms with Crippen LogP contribution in [-0.2, 0) is 0 Å². The van der Waals surface area contributed by atoms with Crippen LogP contribution in [0.1, 0.15) is 95.5 Å². The Morgan fingerprint density at radius 3 is 2.50 bits per heavy atom. The number of benzene rings is 1. The van der Waals surface area contributed by atoms with Gasteiger partial charge in [0.05, 0.1) is 6.10 Å². The van der Waals surface area contributed by atoms with Crippen LogP contribution in [0, 0.1) is 5.92 Å². The van der Waals surface area contributed by atoms with E-state index in [-0.39, 0.29) is 11.9 Å². The zero-order valence-corrected chi connectivity index (χ0v) is 17.7. The molecule has 2 unspecified atom stereocenters. The van der Waals surface area contributed by atoms with Crippen LogP contribution >= 0.6 is 0 Å². The molecule has 0 spiro atoms. The van der Waals surface area contributed by atoms with Crippen molar-refractivity contribution in [2.45, 2.75) is 91.1 Å². The van der Waals surface area contributed by atoms with Crippen LogP contribution in [-0.4, -0.2) is 17.2 Å². The summed E-state index contributed by atoms with van der Waals surface area (Å²) in [5.41, 5.74) is 0.565. The van der Waals surface area contributed by atoms with Gasteiger partial charge in [-0.05, 0) is 49.8 Å². The fourth-order valence-electron chi connectivity index (χ4n) is 3.47. The van der Waals surface area contributed by atoms with Crippen molar-refractivity contribution in [1.82, 2.24) is 0 Å². The SMILES string of the molecule is CCCCCCCCC(CCC(C)CC)Oc1ccc2cc(C(=O)O)oc2c1. The fourth-order valence-corrected chi connectivity index (χ4v) is 3.47. The fraction of sp³-hybridized carbons (Fsp3) is 0.625. The summed E-state index contributed by atoms with van der Waals surface area (Å²) in [7, 11) is 0. The molecule has 1 aromatic carbocycles. The standard InChI is InChI=1S/C24H36O4/c1-4-6-7-8-9-10-11-20(14-12-18(3)5-2)27-21-15-13-19-16-23(24(25)26)28-22(19)17-21/h13,15-18,20H,4-12,14H2,1-3H3,(H,25,26). The lowest BCUT2D eigenvalue weighted by molar-refractivity contribution is 0.0665. The molecule has 28 heavy (non-hydrogen) atoms. The third-order valence-electron chi connectivity index (χ3n) is 5.56. The first-order chi connectivity index (χ1) is 13.5. The summed E-state index contributed by atoms with van der Waals surface area (Å²) >= 11 is 0. The van der Waals surface area contributed by atoms with E-state index in [0.717, 1.165) is 24.0 Å². The highest BCUT2D eigenvalue weighted by Gasteiger charge is 2.15. The van der Waals surface area contributed by atoms with Gasteiger partial charge >= 0.3 is 5.97 Å². The Morgan fingerprint density at radius 2 is 1.79 bits per heavy atom. The number of hydrogen-bond donors (Lipinski definition) is 1. The lowest BCUT2D eigenvalue weighted by Gasteiger charge is -2.21. The van der Waals surface area contributed by atoms with E-state index in [9.17, 15) is 4.79 Å². The summed E-state index contributed by atoms with van der Waals surface area (Å²) in [6.07, 6.45) is 12.4. The number of unbranched alkanes of at least 4 members (excludes halogenated alkanes) is 5. The van der Waals surface area contributed by atoms with Crippen LogP contribution in [0.3, 0.4) is 0 Å². The second kappa shape index (κ2) is 11.8. The van der Waals surface area contributed by atoms with Gasteiger partial charge < -0.3 is 14.3 Å². The molecule has 1 aromatic heterocycles. The summed E-state index contributed by atoms with van der Waals surface area (Å²) in [5.74, 6) is 0.390. The number of aromatic carboxylic acids is 1. The van der Waals surface area contributed by atoms with Crippen LogP contribution in [0.15, 0.2) is 28.7 Å². The number of ether oxygens (including phenoxy) is 1. The van der Waals surface area contributed by atoms with E-state index in [1.54, 1.807) is 6.07 Å². The molecule has 0 radical (unpaired) electrons. The molecule has 0 saturated heterocycles. The number of carbonyl (C=O) groups is 1. The first kappa shape index (κ1) is 22.3. The highest BCUT2D eigenvalue weighted by atomic mass is 16.5. The molecule has 0 aliphatic heterocycles. The summed E-state index contributed by atoms with van der Waals surface area (Å²) in [5, 5.41) is 9.88. The van der Waals surface area contributed by atoms with Gasteiger partial charge in [0, 0.05) is 11.5 Å². The highest BCUT2D eigenvalue weighted by Crippen LogP contribution is 2.27. The van der Waals surface area contributed by atoms with Gasteiger partial charge in [-0.25, -0.2) is 4.79 Å². The Balaban J connectivity index is 1.96. The molecule has 2 aromatic rings. The van der Waals surface area contributed by atoms with Gasteiger partial charge in [0.25, 0.3) is 0 Å². The Morgan fingerprint density at radius 1 is 1.04 bits per heavy atom. The van der Waals surface area contributed by atoms with E-state index in [0.29, 0.717) is 11.5 Å². The van der Waals surface area contributed by atoms with Gasteiger partial charge in [-0.3, -0.25) is 0 Å². The molecule has 0 fully saturated rings. The van der Waals surface area contributed by atoms with Crippen molar-refractivity contribution in [2.75, 3.05) is 0 Å². The largest absolute Gasteiger partial charge is 0.490 e. The van der Waals surface area contributed by atoms with Crippen LogP contribution < -0.4 is 4.74 Å². The van der Waals surface area contributed by atoms with Crippen molar-refractivity contribution < 1.29 is 19.1 Å². The number of hydrogen-bond acceptors (Lipinski definition) is 3. The average molecular weight is 389 g/mol. The van der Waals surface area contributed by atoms with Gasteiger partial charge in [-0.1, -0.05) is 59.3 Å². The number of rotatable bonds is 14. The van der Waals surface area contributed by atoms with Gasteiger partial charge in [-0.15, -0.1) is 0 Å². The molecule has 0 aliphatic rings. The van der Waals surface area contributed by atoms with Crippen LogP contribution in [0.25, 0.3) is 11.0 Å². The van der Waals surface area contributed by atoms with Crippen molar-refractivity contribution in [3.8, 4) is 5.75 Å². The number of carboxylic acid groups (broad SMARTS) is 1. The first-order valence-electron chi connectivity index (χ1n) is 11.0. The summed E-state index contributed by atoms with van der Waals surface area (Å²) in [6.45, 7) is 6.78. The zero-order chi connectivity index (χ0) is 20.4. The molecule has 2 rings (SSSR count). The first-order valence-corrected chi connectivity index (χ1v) is 11.0. The minimum atomic E-state index is -1.05. The van der Waals surface area contributed by atoms with Gasteiger partial charge in [0.15, 0.2) is 0 Å². The molecule has 156 valence electrons. The molecular formula is C24H36O4. The number of fused-ring (bicyclic) bond motifs is 1. The number of carboxylic acids is 1. The lowest BCUT2D eigenvalue weighted by atomic mass is 9.97. The maximum Gasteiger partial charge on any atom is 0.371 e. The van der Waals surface area contributed by atoms with E-state index >= 15 is 0 Å². The quantitative estimate of drug-likeness (QED) is 0.341. The van der Waals surface area contributed by atoms with Crippen LogP contribution in [0.2, 0.25) is 0 Å². The molecule has 0 aliphatic carbocycles. The summed E-state index contributed by atoms with van der Waals surface area (Å²) in [4.78, 5) is 11.1. The van der Waals surface area contributed by atoms with E-state index in [1.807, 2.05) is 18.2 Å². The minimum absolute atomic E-state index is 0.0347. The highest BCUT2D eigenvalue weighted by molar-refractivity contribution is 5.91. The lowest BCUT2D eigenvalue weighted by Crippen LogP contribution is -2.17. The van der Waals surface area contributed by atoms with Crippen molar-refractivity contribution in [1.29, 1.82) is 0 Å². The molecule has 4 heteroatoms. The van der Waals surface area contributed by atoms with Gasteiger partial charge in [0.1, 0.15) is 11.3 Å². The van der Waals surface area contributed by atoms with Crippen LogP contribution in [0.4, 0.5) is 0 Å². The third-order valence-corrected chi connectivity index (χ3v) is 5.56. The van der Waals surface area contributed by atoms with Gasteiger partial charge in [0.2, 0.25) is 5.76 Å². The topological polar surface area (TPSA) is 59.7 Å². The molecule has 1 N–H and O–H groups in total. The molecule has 2 atom stereocenters. The second-order valence-corrected chi connectivity index (χ2v) is 8.00. The van der Waals surface area contributed by atoms with Gasteiger partial charge in [-0.2, -0.15) is 0 Å². The molecule has 0 saturated carbocycles. The minimum Gasteiger partial charge on any atom is -0.490 e. The average Bonchev–Trinajstić information content (AvgIpc) is 3.12. The zero-order valence-electron chi connectivity index (χ0n) is 17.7. The Kier molecular flexibility index (Phi) is 9.39. The monoisotopic (exact) mass is 388 g/mol. The van der Waals surface area contributed by atoms with E-state index in [1.165, 1.54) is 51.4 Å². The number of furan rings is 1. The van der Waals surface area contributed by atoms with E-state index in [2.05, 4.69) is 20.8 Å². The van der Waals surface area contributed by atoms with E-state index in [4.69, 9.17) is 14.3 Å². The Hall–Kier alpha value is -1.97. The summed E-state index contributed by atoms with van der Waals surface area (Å²) < 4.78 is 11.7. The van der Waals surface area contributed by atoms with Crippen molar-refractivity contribution in [2.24, 2.45) is 5.92 Å². The molecular weight excluding hydrogens is 352 g/mol. The Labute approximate surface area is 169 Å².